The van der Waals surface area contributed by atoms with Crippen LogP contribution in [-0.2, 0) is 0 Å². The molecule has 2 aliphatic carbocycles. The number of benzene rings is 1. The van der Waals surface area contributed by atoms with Crippen LogP contribution in [0.2, 0.25) is 5.02 Å². The zero-order valence-corrected chi connectivity index (χ0v) is 16.6. The van der Waals surface area contributed by atoms with Crippen LogP contribution >= 0.6 is 11.6 Å². The molecule has 0 radical (unpaired) electrons. The molecule has 2 unspecified atom stereocenters. The van der Waals surface area contributed by atoms with E-state index < -0.39 is 0 Å². The highest BCUT2D eigenvalue weighted by Crippen LogP contribution is 2.58. The number of carbonyl (C=O) groups excluding carboxylic acids is 1. The number of aromatic nitrogens is 2. The highest BCUT2D eigenvalue weighted by atomic mass is 35.5. The molecule has 3 aromatic rings. The first-order valence-electron chi connectivity index (χ1n) is 9.75. The second-order valence-electron chi connectivity index (χ2n) is 8.30. The maximum atomic E-state index is 12.8. The molecule has 1 N–H and O–H groups in total. The van der Waals surface area contributed by atoms with E-state index >= 15 is 0 Å². The van der Waals surface area contributed by atoms with Crippen LogP contribution in [0.3, 0.4) is 0 Å². The molecule has 1 aromatic carbocycles. The van der Waals surface area contributed by atoms with Crippen molar-refractivity contribution in [2.45, 2.75) is 39.0 Å². The van der Waals surface area contributed by atoms with Gasteiger partial charge in [0.15, 0.2) is 11.2 Å². The van der Waals surface area contributed by atoms with E-state index in [9.17, 15) is 9.59 Å². The summed E-state index contributed by atoms with van der Waals surface area (Å²) >= 11 is 6.67. The molecule has 0 saturated heterocycles. The lowest BCUT2D eigenvalue weighted by Crippen LogP contribution is -2.10. The van der Waals surface area contributed by atoms with E-state index in [1.165, 1.54) is 31.7 Å². The van der Waals surface area contributed by atoms with Gasteiger partial charge in [-0.3, -0.25) is 14.6 Å². The number of hydrogen-bond donors (Lipinski definition) is 1. The molecule has 142 valence electrons. The van der Waals surface area contributed by atoms with E-state index in [4.69, 9.17) is 11.6 Å². The first-order valence-corrected chi connectivity index (χ1v) is 10.1. The summed E-state index contributed by atoms with van der Waals surface area (Å²) in [6.45, 7) is 3.48. The Labute approximate surface area is 168 Å². The first kappa shape index (κ1) is 17.6. The molecule has 28 heavy (non-hydrogen) atoms. The van der Waals surface area contributed by atoms with E-state index in [-0.39, 0.29) is 16.9 Å². The minimum atomic E-state index is -0.220. The van der Waals surface area contributed by atoms with E-state index in [0.717, 1.165) is 28.0 Å². The zero-order chi connectivity index (χ0) is 19.6. The van der Waals surface area contributed by atoms with Crippen LogP contribution in [-0.4, -0.2) is 15.8 Å². The number of H-pyrrole nitrogens is 1. The van der Waals surface area contributed by atoms with E-state index in [0.29, 0.717) is 22.5 Å². The molecular weight excluding hydrogens is 372 g/mol. The summed E-state index contributed by atoms with van der Waals surface area (Å²) in [5.74, 6) is 2.15. The Morgan fingerprint density at radius 2 is 1.93 bits per heavy atom. The van der Waals surface area contributed by atoms with Crippen LogP contribution in [0.4, 0.5) is 0 Å². The van der Waals surface area contributed by atoms with Crippen molar-refractivity contribution in [2.24, 2.45) is 11.8 Å². The van der Waals surface area contributed by atoms with Crippen molar-refractivity contribution < 1.29 is 4.79 Å². The molecule has 2 saturated carbocycles. The van der Waals surface area contributed by atoms with E-state index in [1.54, 1.807) is 18.3 Å². The molecule has 2 heterocycles. The lowest BCUT2D eigenvalue weighted by atomic mass is 9.90. The number of fused-ring (bicyclic) bond motifs is 2. The summed E-state index contributed by atoms with van der Waals surface area (Å²) in [7, 11) is 0. The summed E-state index contributed by atoms with van der Waals surface area (Å²) in [6.07, 6.45) is 5.43. The number of aryl methyl sites for hydroxylation is 1. The lowest BCUT2D eigenvalue weighted by Gasteiger charge is -2.17. The summed E-state index contributed by atoms with van der Waals surface area (Å²) in [5.41, 5.74) is 4.55. The van der Waals surface area contributed by atoms with Gasteiger partial charge in [0.1, 0.15) is 5.69 Å². The topological polar surface area (TPSA) is 62.8 Å². The second kappa shape index (κ2) is 6.28. The molecule has 0 aliphatic heterocycles. The van der Waals surface area contributed by atoms with Gasteiger partial charge in [-0.05, 0) is 67.2 Å². The zero-order valence-electron chi connectivity index (χ0n) is 15.9. The number of hydrogen-bond acceptors (Lipinski definition) is 3. The van der Waals surface area contributed by atoms with Crippen molar-refractivity contribution in [1.29, 1.82) is 0 Å². The summed E-state index contributed by atoms with van der Waals surface area (Å²) in [6, 6.07) is 7.42. The molecule has 2 aliphatic rings. The quantitative estimate of drug-likeness (QED) is 0.617. The summed E-state index contributed by atoms with van der Waals surface area (Å²) in [4.78, 5) is 32.0. The van der Waals surface area contributed by atoms with Crippen LogP contribution in [0.25, 0.3) is 22.2 Å². The molecule has 2 aromatic heterocycles. The molecular formula is C23H21ClN2O2. The van der Waals surface area contributed by atoms with Gasteiger partial charge in [0, 0.05) is 29.8 Å². The lowest BCUT2D eigenvalue weighted by molar-refractivity contribution is 0.101. The third-order valence-corrected chi connectivity index (χ3v) is 6.72. The largest absolute Gasteiger partial charge is 0.354 e. The second-order valence-corrected chi connectivity index (χ2v) is 8.71. The third-order valence-electron chi connectivity index (χ3n) is 6.39. The van der Waals surface area contributed by atoms with Crippen LogP contribution in [0.15, 0.2) is 35.3 Å². The Bertz CT molecular complexity index is 1190. The number of pyridine rings is 2. The summed E-state index contributed by atoms with van der Waals surface area (Å²) in [5, 5.41) is 1.11. The van der Waals surface area contributed by atoms with Gasteiger partial charge in [-0.25, -0.2) is 0 Å². The minimum Gasteiger partial charge on any atom is -0.354 e. The number of Topliss-reactive ketones (excluding diaryl/α,β-unsaturated/α-hetero) is 1. The van der Waals surface area contributed by atoms with Crippen LogP contribution in [0, 0.1) is 18.8 Å². The fourth-order valence-electron chi connectivity index (χ4n) is 4.89. The van der Waals surface area contributed by atoms with Crippen LogP contribution in [0.5, 0.6) is 0 Å². The Balaban J connectivity index is 1.61. The van der Waals surface area contributed by atoms with Crippen LogP contribution in [0.1, 0.15) is 53.7 Å². The van der Waals surface area contributed by atoms with Gasteiger partial charge in [-0.15, -0.1) is 0 Å². The predicted molar refractivity (Wildman–Crippen MR) is 111 cm³/mol. The Hall–Kier alpha value is -2.46. The van der Waals surface area contributed by atoms with Gasteiger partial charge < -0.3 is 4.98 Å². The summed E-state index contributed by atoms with van der Waals surface area (Å²) < 4.78 is 0. The van der Waals surface area contributed by atoms with Gasteiger partial charge in [0.25, 0.3) is 0 Å². The smallest absolute Gasteiger partial charge is 0.192 e. The minimum absolute atomic E-state index is 0.204. The average molecular weight is 393 g/mol. The highest BCUT2D eigenvalue weighted by Gasteiger charge is 2.46. The SMILES string of the molecule is CC(=O)c1nccc2[nH]c(-c3cc(Cl)c(C4CC5CC5C4)cc3C)cc(=O)c12. The van der Waals surface area contributed by atoms with Crippen molar-refractivity contribution in [3.8, 4) is 11.3 Å². The molecule has 0 spiro atoms. The molecule has 0 amide bonds. The Kier molecular flexibility index (Phi) is 3.95. The standard InChI is InChI=1S/C23H21ClN2O2/c1-11-5-17(15-7-13-6-14(13)8-15)18(24)9-16(11)20-10-21(28)22-19(26-20)3-4-25-23(22)12(2)27/h3-5,9-10,13-15H,6-8H2,1-2H3,(H,26,28). The molecule has 4 nitrogen and oxygen atoms in total. The number of halogens is 1. The van der Waals surface area contributed by atoms with Crippen molar-refractivity contribution in [2.75, 3.05) is 0 Å². The van der Waals surface area contributed by atoms with Gasteiger partial charge >= 0.3 is 0 Å². The third kappa shape index (κ3) is 2.78. The molecule has 5 heteroatoms. The molecule has 2 atom stereocenters. The molecule has 0 bridgehead atoms. The van der Waals surface area contributed by atoms with Crippen LogP contribution < -0.4 is 5.43 Å². The number of ketones is 1. The maximum Gasteiger partial charge on any atom is 0.192 e. The van der Waals surface area contributed by atoms with Gasteiger partial charge in [-0.1, -0.05) is 17.7 Å². The van der Waals surface area contributed by atoms with E-state index in [1.807, 2.05) is 6.07 Å². The van der Waals surface area contributed by atoms with Crippen molar-refractivity contribution >= 4 is 28.3 Å². The predicted octanol–water partition coefficient (Wildman–Crippen LogP) is 5.27. The Morgan fingerprint density at radius 3 is 2.64 bits per heavy atom. The number of rotatable bonds is 3. The maximum absolute atomic E-state index is 12.8. The molecule has 5 rings (SSSR count). The number of aromatic amines is 1. The van der Waals surface area contributed by atoms with Gasteiger partial charge in [0.05, 0.1) is 16.6 Å². The van der Waals surface area contributed by atoms with E-state index in [2.05, 4.69) is 23.0 Å². The number of nitrogens with one attached hydrogen (secondary N) is 1. The monoisotopic (exact) mass is 392 g/mol. The fraction of sp³-hybridized carbons (Fsp3) is 0.348. The van der Waals surface area contributed by atoms with Gasteiger partial charge in [0.2, 0.25) is 0 Å². The normalized spacial score (nSPS) is 23.0. The first-order chi connectivity index (χ1) is 13.4. The molecule has 2 fully saturated rings. The average Bonchev–Trinajstić information content (AvgIpc) is 3.27. The van der Waals surface area contributed by atoms with Crippen molar-refractivity contribution in [3.05, 3.63) is 62.5 Å². The number of nitrogens with zero attached hydrogens (tertiary/aromatic N) is 1. The van der Waals surface area contributed by atoms with Crippen molar-refractivity contribution in [1.82, 2.24) is 9.97 Å². The Morgan fingerprint density at radius 1 is 1.18 bits per heavy atom. The highest BCUT2D eigenvalue weighted by molar-refractivity contribution is 6.31. The van der Waals surface area contributed by atoms with Crippen molar-refractivity contribution in [3.63, 3.8) is 0 Å². The van der Waals surface area contributed by atoms with Gasteiger partial charge in [-0.2, -0.15) is 0 Å². The fourth-order valence-corrected chi connectivity index (χ4v) is 5.21. The number of carbonyl (C=O) groups is 1.